The molecular formula is C16H12BrN3O. The van der Waals surface area contributed by atoms with Gasteiger partial charge in [0.2, 0.25) is 0 Å². The Balaban J connectivity index is 1.87. The van der Waals surface area contributed by atoms with Crippen LogP contribution in [0.25, 0.3) is 10.8 Å². The summed E-state index contributed by atoms with van der Waals surface area (Å²) in [7, 11) is 0. The predicted octanol–water partition coefficient (Wildman–Crippen LogP) is 3.83. The van der Waals surface area contributed by atoms with E-state index in [-0.39, 0.29) is 5.91 Å². The van der Waals surface area contributed by atoms with Crippen LogP contribution in [0, 0.1) is 0 Å². The molecule has 0 fully saturated rings. The maximum Gasteiger partial charge on any atom is 0.274 e. The third-order valence-electron chi connectivity index (χ3n) is 3.06. The van der Waals surface area contributed by atoms with Crippen molar-refractivity contribution in [3.05, 3.63) is 64.8 Å². The van der Waals surface area contributed by atoms with E-state index in [9.17, 15) is 4.79 Å². The molecule has 0 bridgehead atoms. The smallest absolute Gasteiger partial charge is 0.274 e. The number of nitrogens with one attached hydrogen (secondary N) is 1. The SMILES string of the molecule is Nc1cccc(C(=O)Nc2ccc3cc(Br)ccc3c2)n1. The highest BCUT2D eigenvalue weighted by Crippen LogP contribution is 2.23. The van der Waals surface area contributed by atoms with Crippen molar-refractivity contribution in [2.75, 3.05) is 11.1 Å². The average molecular weight is 342 g/mol. The first-order valence-corrected chi connectivity index (χ1v) is 7.14. The molecule has 0 spiro atoms. The van der Waals surface area contributed by atoms with E-state index in [2.05, 4.69) is 26.2 Å². The van der Waals surface area contributed by atoms with Crippen molar-refractivity contribution in [2.24, 2.45) is 0 Å². The molecule has 0 aliphatic heterocycles. The fourth-order valence-corrected chi connectivity index (χ4v) is 2.45. The van der Waals surface area contributed by atoms with Crippen molar-refractivity contribution in [1.82, 2.24) is 4.98 Å². The molecule has 0 saturated heterocycles. The van der Waals surface area contributed by atoms with Crippen LogP contribution in [0.1, 0.15) is 10.5 Å². The molecule has 0 unspecified atom stereocenters. The van der Waals surface area contributed by atoms with E-state index >= 15 is 0 Å². The first kappa shape index (κ1) is 13.6. The Morgan fingerprint density at radius 1 is 1.05 bits per heavy atom. The number of nitrogens with zero attached hydrogens (tertiary/aromatic N) is 1. The van der Waals surface area contributed by atoms with Crippen LogP contribution in [0.5, 0.6) is 0 Å². The molecule has 104 valence electrons. The highest BCUT2D eigenvalue weighted by Gasteiger charge is 2.08. The van der Waals surface area contributed by atoms with Crippen molar-refractivity contribution in [3.63, 3.8) is 0 Å². The van der Waals surface area contributed by atoms with Crippen LogP contribution in [-0.2, 0) is 0 Å². The number of amides is 1. The molecule has 21 heavy (non-hydrogen) atoms. The van der Waals surface area contributed by atoms with Crippen molar-refractivity contribution in [3.8, 4) is 0 Å². The number of anilines is 2. The molecule has 0 aliphatic carbocycles. The van der Waals surface area contributed by atoms with Gasteiger partial charge >= 0.3 is 0 Å². The summed E-state index contributed by atoms with van der Waals surface area (Å²) in [6.45, 7) is 0. The summed E-state index contributed by atoms with van der Waals surface area (Å²) in [6, 6.07) is 16.7. The molecule has 1 amide bonds. The highest BCUT2D eigenvalue weighted by atomic mass is 79.9. The minimum absolute atomic E-state index is 0.279. The molecule has 0 saturated carbocycles. The molecule has 3 aromatic rings. The maximum absolute atomic E-state index is 12.1. The minimum atomic E-state index is -0.279. The number of fused-ring (bicyclic) bond motifs is 1. The molecule has 3 rings (SSSR count). The molecule has 5 heteroatoms. The Morgan fingerprint density at radius 2 is 1.81 bits per heavy atom. The zero-order valence-electron chi connectivity index (χ0n) is 11.0. The van der Waals surface area contributed by atoms with E-state index < -0.39 is 0 Å². The summed E-state index contributed by atoms with van der Waals surface area (Å²) in [5.41, 5.74) is 6.60. The standard InChI is InChI=1S/C16H12BrN3O/c17-12-6-4-11-9-13(7-5-10(11)8-12)19-16(21)14-2-1-3-15(18)20-14/h1-9H,(H2,18,20)(H,19,21). The van der Waals surface area contributed by atoms with Crippen LogP contribution in [0.4, 0.5) is 11.5 Å². The first-order valence-electron chi connectivity index (χ1n) is 6.35. The molecule has 0 atom stereocenters. The van der Waals surface area contributed by atoms with E-state index in [1.165, 1.54) is 0 Å². The van der Waals surface area contributed by atoms with Crippen molar-refractivity contribution >= 4 is 44.1 Å². The molecule has 0 radical (unpaired) electrons. The number of nitrogen functional groups attached to an aromatic ring is 1. The second-order valence-corrected chi connectivity index (χ2v) is 5.52. The van der Waals surface area contributed by atoms with E-state index in [0.717, 1.165) is 20.9 Å². The zero-order chi connectivity index (χ0) is 14.8. The number of nitrogens with two attached hydrogens (primary N) is 1. The second kappa shape index (κ2) is 5.54. The van der Waals surface area contributed by atoms with Gasteiger partial charge in [0, 0.05) is 10.2 Å². The monoisotopic (exact) mass is 341 g/mol. The first-order chi connectivity index (χ1) is 10.1. The number of carbonyl (C=O) groups is 1. The molecule has 4 nitrogen and oxygen atoms in total. The number of pyridine rings is 1. The molecule has 0 aliphatic rings. The Kier molecular flexibility index (Phi) is 3.58. The lowest BCUT2D eigenvalue weighted by Gasteiger charge is -2.07. The Bertz CT molecular complexity index is 833. The summed E-state index contributed by atoms with van der Waals surface area (Å²) >= 11 is 3.44. The van der Waals surface area contributed by atoms with Crippen LogP contribution < -0.4 is 11.1 Å². The Labute approximate surface area is 130 Å². The maximum atomic E-state index is 12.1. The largest absolute Gasteiger partial charge is 0.384 e. The van der Waals surface area contributed by atoms with Crippen molar-refractivity contribution in [1.29, 1.82) is 0 Å². The molecule has 3 N–H and O–H groups in total. The van der Waals surface area contributed by atoms with Gasteiger partial charge in [0.05, 0.1) is 0 Å². The lowest BCUT2D eigenvalue weighted by molar-refractivity contribution is 0.102. The van der Waals surface area contributed by atoms with Crippen LogP contribution >= 0.6 is 15.9 Å². The number of benzene rings is 2. The molecule has 2 aromatic carbocycles. The van der Waals surface area contributed by atoms with Gasteiger partial charge in [-0.1, -0.05) is 34.1 Å². The van der Waals surface area contributed by atoms with Gasteiger partial charge in [-0.3, -0.25) is 4.79 Å². The van der Waals surface area contributed by atoms with Gasteiger partial charge in [-0.25, -0.2) is 4.98 Å². The number of carbonyl (C=O) groups excluding carboxylic acids is 1. The van der Waals surface area contributed by atoms with Crippen molar-refractivity contribution in [2.45, 2.75) is 0 Å². The fraction of sp³-hybridized carbons (Fsp3) is 0. The van der Waals surface area contributed by atoms with Gasteiger partial charge in [0.25, 0.3) is 5.91 Å². The van der Waals surface area contributed by atoms with Gasteiger partial charge in [0.1, 0.15) is 11.5 Å². The van der Waals surface area contributed by atoms with E-state index in [1.54, 1.807) is 18.2 Å². The van der Waals surface area contributed by atoms with Gasteiger partial charge in [-0.15, -0.1) is 0 Å². The van der Waals surface area contributed by atoms with Gasteiger partial charge < -0.3 is 11.1 Å². The summed E-state index contributed by atoms with van der Waals surface area (Å²) in [5, 5.41) is 4.98. The zero-order valence-corrected chi connectivity index (χ0v) is 12.6. The van der Waals surface area contributed by atoms with Crippen molar-refractivity contribution < 1.29 is 4.79 Å². The van der Waals surface area contributed by atoms with Crippen LogP contribution in [0.3, 0.4) is 0 Å². The van der Waals surface area contributed by atoms with Crippen LogP contribution in [0.15, 0.2) is 59.1 Å². The van der Waals surface area contributed by atoms with Crippen LogP contribution in [0.2, 0.25) is 0 Å². The predicted molar refractivity (Wildman–Crippen MR) is 88.3 cm³/mol. The number of aromatic nitrogens is 1. The Morgan fingerprint density at radius 3 is 2.62 bits per heavy atom. The highest BCUT2D eigenvalue weighted by molar-refractivity contribution is 9.10. The van der Waals surface area contributed by atoms with Gasteiger partial charge in [-0.2, -0.15) is 0 Å². The fourth-order valence-electron chi connectivity index (χ4n) is 2.07. The third kappa shape index (κ3) is 3.03. The lowest BCUT2D eigenvalue weighted by Crippen LogP contribution is -2.14. The van der Waals surface area contributed by atoms with Crippen LogP contribution in [-0.4, -0.2) is 10.9 Å². The number of hydrogen-bond acceptors (Lipinski definition) is 3. The summed E-state index contributed by atoms with van der Waals surface area (Å²) in [5.74, 6) is 0.0461. The number of rotatable bonds is 2. The molecule has 1 heterocycles. The Hall–Kier alpha value is -2.40. The van der Waals surface area contributed by atoms with E-state index in [1.807, 2.05) is 36.4 Å². The van der Waals surface area contributed by atoms with Gasteiger partial charge in [-0.05, 0) is 47.2 Å². The minimum Gasteiger partial charge on any atom is -0.384 e. The molecular weight excluding hydrogens is 330 g/mol. The second-order valence-electron chi connectivity index (χ2n) is 4.61. The van der Waals surface area contributed by atoms with E-state index in [4.69, 9.17) is 5.73 Å². The quantitative estimate of drug-likeness (QED) is 0.744. The average Bonchev–Trinajstić information content (AvgIpc) is 2.47. The summed E-state index contributed by atoms with van der Waals surface area (Å²) < 4.78 is 1.02. The number of halogens is 1. The summed E-state index contributed by atoms with van der Waals surface area (Å²) in [4.78, 5) is 16.1. The third-order valence-corrected chi connectivity index (χ3v) is 3.56. The summed E-state index contributed by atoms with van der Waals surface area (Å²) in [6.07, 6.45) is 0. The van der Waals surface area contributed by atoms with E-state index in [0.29, 0.717) is 11.5 Å². The van der Waals surface area contributed by atoms with Gasteiger partial charge in [0.15, 0.2) is 0 Å². The normalized spacial score (nSPS) is 10.5. The molecule has 1 aromatic heterocycles. The lowest BCUT2D eigenvalue weighted by atomic mass is 10.1. The topological polar surface area (TPSA) is 68.0 Å². The number of hydrogen-bond donors (Lipinski definition) is 2.